The highest BCUT2D eigenvalue weighted by molar-refractivity contribution is 5.64. The van der Waals surface area contributed by atoms with Crippen LogP contribution < -0.4 is 0 Å². The molecule has 0 amide bonds. The number of hydrogen-bond donors (Lipinski definition) is 2. The van der Waals surface area contributed by atoms with Crippen LogP contribution in [-0.4, -0.2) is 48.8 Å². The van der Waals surface area contributed by atoms with Crippen LogP contribution in [0.5, 0.6) is 11.5 Å². The maximum Gasteiger partial charge on any atom is 0.115 e. The van der Waals surface area contributed by atoms with Gasteiger partial charge in [-0.05, 0) is 35.4 Å². The van der Waals surface area contributed by atoms with Gasteiger partial charge in [0.05, 0.1) is 26.4 Å². The summed E-state index contributed by atoms with van der Waals surface area (Å²) in [5.74, 6) is 0.514. The van der Waals surface area contributed by atoms with E-state index >= 15 is 0 Å². The molecular formula is C18H20O5. The van der Waals surface area contributed by atoms with E-state index in [0.717, 1.165) is 37.6 Å². The largest absolute Gasteiger partial charge is 0.508 e. The lowest BCUT2D eigenvalue weighted by Gasteiger charge is -2.01. The third-order valence-corrected chi connectivity index (χ3v) is 3.48. The summed E-state index contributed by atoms with van der Waals surface area (Å²) in [6, 6.07) is 13.9. The molecule has 2 unspecified atom stereocenters. The molecule has 0 aliphatic carbocycles. The van der Waals surface area contributed by atoms with Crippen LogP contribution in [0.1, 0.15) is 0 Å². The summed E-state index contributed by atoms with van der Waals surface area (Å²) < 4.78 is 15.1. The van der Waals surface area contributed by atoms with Crippen LogP contribution in [0.4, 0.5) is 0 Å². The molecule has 23 heavy (non-hydrogen) atoms. The number of ether oxygens (including phenoxy) is 3. The van der Waals surface area contributed by atoms with E-state index < -0.39 is 0 Å². The van der Waals surface area contributed by atoms with Crippen molar-refractivity contribution in [1.29, 1.82) is 0 Å². The van der Waals surface area contributed by atoms with Crippen molar-refractivity contribution in [3.63, 3.8) is 0 Å². The predicted molar refractivity (Wildman–Crippen MR) is 85.5 cm³/mol. The van der Waals surface area contributed by atoms with Crippen molar-refractivity contribution in [2.75, 3.05) is 26.4 Å². The highest BCUT2D eigenvalue weighted by atomic mass is 16.6. The molecule has 4 rings (SSSR count). The number of rotatable bonds is 5. The minimum atomic E-state index is 0.257. The van der Waals surface area contributed by atoms with E-state index in [2.05, 4.69) is 0 Å². The SMILES string of the molecule is C(OCC1CO1)C1CO1.Oc1ccc(-c2ccc(O)cc2)cc1. The lowest BCUT2D eigenvalue weighted by Crippen LogP contribution is -2.06. The van der Waals surface area contributed by atoms with Crippen molar-refractivity contribution < 1.29 is 24.4 Å². The maximum atomic E-state index is 9.11. The van der Waals surface area contributed by atoms with Crippen LogP contribution in [0, 0.1) is 0 Å². The van der Waals surface area contributed by atoms with Crippen LogP contribution in [0.3, 0.4) is 0 Å². The Morgan fingerprint density at radius 2 is 1.09 bits per heavy atom. The Morgan fingerprint density at radius 3 is 1.39 bits per heavy atom. The second-order valence-electron chi connectivity index (χ2n) is 5.54. The summed E-state index contributed by atoms with van der Waals surface area (Å²) in [6.07, 6.45) is 0.785. The van der Waals surface area contributed by atoms with Crippen LogP contribution in [0.15, 0.2) is 48.5 Å². The number of epoxide rings is 2. The normalized spacial score (nSPS) is 21.2. The van der Waals surface area contributed by atoms with E-state index in [1.807, 2.05) is 24.3 Å². The standard InChI is InChI=1S/C12H10O2.C6H10O3/c13-11-5-1-9(2-6-11)10-3-7-12(14)8-4-10;1(5-3-8-5)7-2-6-4-9-6/h1-8,13-14H;5-6H,1-4H2. The third-order valence-electron chi connectivity index (χ3n) is 3.48. The molecule has 0 spiro atoms. The number of phenols is 2. The monoisotopic (exact) mass is 316 g/mol. The molecular weight excluding hydrogens is 296 g/mol. The van der Waals surface area contributed by atoms with E-state index in [9.17, 15) is 0 Å². The molecule has 122 valence electrons. The van der Waals surface area contributed by atoms with Gasteiger partial charge in [0.15, 0.2) is 0 Å². The van der Waals surface area contributed by atoms with Crippen molar-refractivity contribution in [1.82, 2.24) is 0 Å². The summed E-state index contributed by atoms with van der Waals surface area (Å²) in [7, 11) is 0. The van der Waals surface area contributed by atoms with E-state index in [1.54, 1.807) is 24.3 Å². The first-order valence-electron chi connectivity index (χ1n) is 7.60. The second-order valence-corrected chi connectivity index (χ2v) is 5.54. The highest BCUT2D eigenvalue weighted by Gasteiger charge is 2.26. The summed E-state index contributed by atoms with van der Waals surface area (Å²) in [6.45, 7) is 3.26. The first-order valence-corrected chi connectivity index (χ1v) is 7.60. The molecule has 2 saturated heterocycles. The van der Waals surface area contributed by atoms with Gasteiger partial charge < -0.3 is 24.4 Å². The summed E-state index contributed by atoms with van der Waals surface area (Å²) >= 11 is 0. The zero-order valence-electron chi connectivity index (χ0n) is 12.7. The van der Waals surface area contributed by atoms with E-state index in [0.29, 0.717) is 12.2 Å². The van der Waals surface area contributed by atoms with Crippen LogP contribution >= 0.6 is 0 Å². The van der Waals surface area contributed by atoms with Gasteiger partial charge in [-0.3, -0.25) is 0 Å². The van der Waals surface area contributed by atoms with Crippen LogP contribution in [0.2, 0.25) is 0 Å². The molecule has 2 atom stereocenters. The number of aromatic hydroxyl groups is 2. The topological polar surface area (TPSA) is 74.8 Å². The van der Waals surface area contributed by atoms with E-state index in [4.69, 9.17) is 24.4 Å². The third kappa shape index (κ3) is 5.56. The van der Waals surface area contributed by atoms with E-state index in [1.165, 1.54) is 0 Å². The Bertz CT molecular complexity index is 545. The van der Waals surface area contributed by atoms with Gasteiger partial charge in [0.2, 0.25) is 0 Å². The molecule has 2 N–H and O–H groups in total. The fraction of sp³-hybridized carbons (Fsp3) is 0.333. The Hall–Kier alpha value is -2.08. The Balaban J connectivity index is 0.000000149. The Morgan fingerprint density at radius 1 is 0.739 bits per heavy atom. The van der Waals surface area contributed by atoms with Gasteiger partial charge in [-0.2, -0.15) is 0 Å². The van der Waals surface area contributed by atoms with Crippen molar-refractivity contribution in [2.24, 2.45) is 0 Å². The van der Waals surface area contributed by atoms with Gasteiger partial charge in [-0.1, -0.05) is 24.3 Å². The molecule has 0 bridgehead atoms. The Kier molecular flexibility index (Phi) is 5.12. The second kappa shape index (κ2) is 7.46. The predicted octanol–water partition coefficient (Wildman–Crippen LogP) is 2.57. The maximum absolute atomic E-state index is 9.11. The smallest absolute Gasteiger partial charge is 0.115 e. The summed E-state index contributed by atoms with van der Waals surface area (Å²) in [5.41, 5.74) is 2.03. The van der Waals surface area contributed by atoms with Crippen LogP contribution in [-0.2, 0) is 14.2 Å². The Labute approximate surface area is 135 Å². The van der Waals surface area contributed by atoms with Crippen molar-refractivity contribution in [3.05, 3.63) is 48.5 Å². The number of benzene rings is 2. The number of hydrogen-bond acceptors (Lipinski definition) is 5. The first-order chi connectivity index (χ1) is 11.2. The fourth-order valence-electron chi connectivity index (χ4n) is 1.97. The highest BCUT2D eigenvalue weighted by Crippen LogP contribution is 2.23. The fourth-order valence-corrected chi connectivity index (χ4v) is 1.97. The molecule has 2 aliphatic rings. The first kappa shape index (κ1) is 15.8. The van der Waals surface area contributed by atoms with Gasteiger partial charge >= 0.3 is 0 Å². The van der Waals surface area contributed by atoms with Crippen molar-refractivity contribution in [2.45, 2.75) is 12.2 Å². The minimum absolute atomic E-state index is 0.257. The van der Waals surface area contributed by atoms with Gasteiger partial charge in [-0.15, -0.1) is 0 Å². The lowest BCUT2D eigenvalue weighted by atomic mass is 10.1. The minimum Gasteiger partial charge on any atom is -0.508 e. The van der Waals surface area contributed by atoms with Gasteiger partial charge in [0.25, 0.3) is 0 Å². The number of phenolic OH excluding ortho intramolecular Hbond substituents is 2. The average molecular weight is 316 g/mol. The van der Waals surface area contributed by atoms with Gasteiger partial charge in [-0.25, -0.2) is 0 Å². The molecule has 0 aromatic heterocycles. The van der Waals surface area contributed by atoms with Crippen LogP contribution in [0.25, 0.3) is 11.1 Å². The molecule has 2 aromatic carbocycles. The molecule has 2 fully saturated rings. The quantitative estimate of drug-likeness (QED) is 0.829. The molecule has 0 saturated carbocycles. The van der Waals surface area contributed by atoms with Gasteiger partial charge in [0, 0.05) is 0 Å². The molecule has 2 aliphatic heterocycles. The summed E-state index contributed by atoms with van der Waals surface area (Å²) in [4.78, 5) is 0. The molecule has 0 radical (unpaired) electrons. The summed E-state index contributed by atoms with van der Waals surface area (Å²) in [5, 5.41) is 18.2. The molecule has 2 aromatic rings. The molecule has 5 nitrogen and oxygen atoms in total. The zero-order chi connectivity index (χ0) is 16.1. The van der Waals surface area contributed by atoms with Gasteiger partial charge in [0.1, 0.15) is 23.7 Å². The van der Waals surface area contributed by atoms with Crippen molar-refractivity contribution in [3.8, 4) is 22.6 Å². The van der Waals surface area contributed by atoms with Crippen molar-refractivity contribution >= 4 is 0 Å². The van der Waals surface area contributed by atoms with E-state index in [-0.39, 0.29) is 11.5 Å². The molecule has 5 heteroatoms. The molecule has 2 heterocycles. The zero-order valence-corrected chi connectivity index (χ0v) is 12.7. The lowest BCUT2D eigenvalue weighted by molar-refractivity contribution is 0.102. The average Bonchev–Trinajstić information content (AvgIpc) is 3.45.